The van der Waals surface area contributed by atoms with Crippen LogP contribution in [0.15, 0.2) is 0 Å². The maximum atomic E-state index is 12.0. The number of rotatable bonds is 5. The van der Waals surface area contributed by atoms with Gasteiger partial charge in [-0.15, -0.1) is 0 Å². The molecule has 1 rings (SSSR count). The van der Waals surface area contributed by atoms with E-state index in [2.05, 4.69) is 5.32 Å². The van der Waals surface area contributed by atoms with Crippen molar-refractivity contribution in [1.29, 1.82) is 0 Å². The van der Waals surface area contributed by atoms with Crippen LogP contribution in [0.5, 0.6) is 0 Å². The Morgan fingerprint density at radius 2 is 1.86 bits per heavy atom. The van der Waals surface area contributed by atoms with Crippen molar-refractivity contribution in [2.75, 3.05) is 24.6 Å². The summed E-state index contributed by atoms with van der Waals surface area (Å²) in [5.41, 5.74) is -0.477. The minimum absolute atomic E-state index is 0.0666. The smallest absolute Gasteiger partial charge is 0.410 e. The lowest BCUT2D eigenvalue weighted by Crippen LogP contribution is -2.49. The highest BCUT2D eigenvalue weighted by atomic mass is 32.2. The number of carbonyl (C=O) groups is 1. The van der Waals surface area contributed by atoms with Gasteiger partial charge in [-0.05, 0) is 40.5 Å². The summed E-state index contributed by atoms with van der Waals surface area (Å²) in [6.07, 6.45) is 1.36. The van der Waals surface area contributed by atoms with Gasteiger partial charge in [-0.3, -0.25) is 0 Å². The maximum Gasteiger partial charge on any atom is 0.410 e. The first kappa shape index (κ1) is 19.2. The third-order valence-electron chi connectivity index (χ3n) is 3.61. The lowest BCUT2D eigenvalue weighted by Gasteiger charge is -2.34. The van der Waals surface area contributed by atoms with Crippen LogP contribution in [0.2, 0.25) is 0 Å². The van der Waals surface area contributed by atoms with E-state index in [-0.39, 0.29) is 29.7 Å². The first-order chi connectivity index (χ1) is 10.0. The number of nitrogens with one attached hydrogen (secondary N) is 1. The Morgan fingerprint density at radius 3 is 2.32 bits per heavy atom. The van der Waals surface area contributed by atoms with E-state index in [1.165, 1.54) is 0 Å². The van der Waals surface area contributed by atoms with Crippen molar-refractivity contribution in [3.05, 3.63) is 0 Å². The highest BCUT2D eigenvalue weighted by Crippen LogP contribution is 2.16. The molecule has 1 amide bonds. The molecule has 1 N–H and O–H groups in total. The normalized spacial score (nSPS) is 19.0. The van der Waals surface area contributed by atoms with Gasteiger partial charge in [0.1, 0.15) is 5.60 Å². The van der Waals surface area contributed by atoms with Crippen molar-refractivity contribution in [3.8, 4) is 0 Å². The number of carbonyl (C=O) groups excluding carboxylic acids is 1. The average molecular weight is 334 g/mol. The van der Waals surface area contributed by atoms with Crippen LogP contribution >= 0.6 is 0 Å². The molecule has 0 aromatic rings. The summed E-state index contributed by atoms with van der Waals surface area (Å²) in [6.45, 7) is 10.4. The standard InChI is InChI=1S/C15H30N2O4S/c1-6-22(19,20)11-12(2)16-13-7-9-17(10-8-13)14(18)21-15(3,4)5/h12-13,16H,6-11H2,1-5H3. The molecular weight excluding hydrogens is 304 g/mol. The molecular formula is C15H30N2O4S. The number of piperidine rings is 1. The summed E-state index contributed by atoms with van der Waals surface area (Å²) >= 11 is 0. The Hall–Kier alpha value is -0.820. The van der Waals surface area contributed by atoms with E-state index in [9.17, 15) is 13.2 Å². The van der Waals surface area contributed by atoms with E-state index in [0.717, 1.165) is 12.8 Å². The van der Waals surface area contributed by atoms with Crippen LogP contribution in [-0.4, -0.2) is 61.7 Å². The maximum absolute atomic E-state index is 12.0. The van der Waals surface area contributed by atoms with E-state index in [0.29, 0.717) is 13.1 Å². The zero-order chi connectivity index (χ0) is 17.0. The van der Waals surface area contributed by atoms with E-state index < -0.39 is 15.4 Å². The molecule has 1 aliphatic rings. The number of ether oxygens (including phenoxy) is 1. The van der Waals surface area contributed by atoms with Crippen molar-refractivity contribution < 1.29 is 17.9 Å². The second-order valence-corrected chi connectivity index (χ2v) is 9.41. The highest BCUT2D eigenvalue weighted by Gasteiger charge is 2.27. The molecule has 0 saturated carbocycles. The van der Waals surface area contributed by atoms with Crippen LogP contribution in [0.3, 0.4) is 0 Å². The van der Waals surface area contributed by atoms with Gasteiger partial charge in [-0.1, -0.05) is 6.92 Å². The van der Waals surface area contributed by atoms with Gasteiger partial charge >= 0.3 is 6.09 Å². The second kappa shape index (κ2) is 7.64. The summed E-state index contributed by atoms with van der Waals surface area (Å²) in [7, 11) is -2.96. The van der Waals surface area contributed by atoms with Gasteiger partial charge in [0.25, 0.3) is 0 Å². The average Bonchev–Trinajstić information content (AvgIpc) is 2.36. The lowest BCUT2D eigenvalue weighted by molar-refractivity contribution is 0.0197. The Labute approximate surface area is 134 Å². The summed E-state index contributed by atoms with van der Waals surface area (Å²) < 4.78 is 28.6. The molecule has 1 atom stereocenters. The molecule has 0 aromatic carbocycles. The quantitative estimate of drug-likeness (QED) is 0.830. The van der Waals surface area contributed by atoms with E-state index >= 15 is 0 Å². The Balaban J connectivity index is 2.38. The fourth-order valence-electron chi connectivity index (χ4n) is 2.50. The van der Waals surface area contributed by atoms with Crippen LogP contribution in [0, 0.1) is 0 Å². The molecule has 0 bridgehead atoms. The molecule has 7 heteroatoms. The van der Waals surface area contributed by atoms with Gasteiger partial charge < -0.3 is 15.0 Å². The largest absolute Gasteiger partial charge is 0.444 e. The SMILES string of the molecule is CCS(=O)(=O)CC(C)NC1CCN(C(=O)OC(C)(C)C)CC1. The third-order valence-corrected chi connectivity index (χ3v) is 5.50. The molecule has 0 aromatic heterocycles. The van der Waals surface area contributed by atoms with Gasteiger partial charge in [0.15, 0.2) is 9.84 Å². The van der Waals surface area contributed by atoms with Gasteiger partial charge in [0.2, 0.25) is 0 Å². The van der Waals surface area contributed by atoms with Crippen LogP contribution in [0.1, 0.15) is 47.5 Å². The van der Waals surface area contributed by atoms with Crippen LogP contribution in [0.4, 0.5) is 4.79 Å². The molecule has 1 saturated heterocycles. The molecule has 22 heavy (non-hydrogen) atoms. The molecule has 0 radical (unpaired) electrons. The fourth-order valence-corrected chi connectivity index (χ4v) is 3.60. The summed E-state index contributed by atoms with van der Waals surface area (Å²) in [5.74, 6) is 0.339. The Bertz CT molecular complexity index is 462. The number of hydrogen-bond donors (Lipinski definition) is 1. The molecule has 6 nitrogen and oxygen atoms in total. The molecule has 0 aliphatic carbocycles. The lowest BCUT2D eigenvalue weighted by atomic mass is 10.0. The summed E-state index contributed by atoms with van der Waals surface area (Å²) in [5, 5.41) is 3.36. The first-order valence-electron chi connectivity index (χ1n) is 7.97. The predicted molar refractivity (Wildman–Crippen MR) is 87.8 cm³/mol. The van der Waals surface area contributed by atoms with Gasteiger partial charge in [0.05, 0.1) is 5.75 Å². The number of nitrogens with zero attached hydrogens (tertiary/aromatic N) is 1. The van der Waals surface area contributed by atoms with Gasteiger partial charge in [0, 0.05) is 30.9 Å². The van der Waals surface area contributed by atoms with Crippen molar-refractivity contribution in [3.63, 3.8) is 0 Å². The summed E-state index contributed by atoms with van der Waals surface area (Å²) in [6, 6.07) is 0.184. The van der Waals surface area contributed by atoms with Crippen LogP contribution in [-0.2, 0) is 14.6 Å². The number of hydrogen-bond acceptors (Lipinski definition) is 5. The Morgan fingerprint density at radius 1 is 1.32 bits per heavy atom. The summed E-state index contributed by atoms with van der Waals surface area (Å²) in [4.78, 5) is 13.7. The molecule has 1 heterocycles. The topological polar surface area (TPSA) is 75.7 Å². The molecule has 130 valence electrons. The first-order valence-corrected chi connectivity index (χ1v) is 9.79. The van der Waals surface area contributed by atoms with E-state index in [1.807, 2.05) is 27.7 Å². The third kappa shape index (κ3) is 6.96. The minimum atomic E-state index is -2.96. The fraction of sp³-hybridized carbons (Fsp3) is 0.933. The monoisotopic (exact) mass is 334 g/mol. The zero-order valence-electron chi connectivity index (χ0n) is 14.4. The predicted octanol–water partition coefficient (Wildman–Crippen LogP) is 1.80. The molecule has 0 spiro atoms. The number of likely N-dealkylation sites (tertiary alicyclic amines) is 1. The van der Waals surface area contributed by atoms with E-state index in [1.54, 1.807) is 11.8 Å². The van der Waals surface area contributed by atoms with Crippen LogP contribution in [0.25, 0.3) is 0 Å². The van der Waals surface area contributed by atoms with Crippen molar-refractivity contribution >= 4 is 15.9 Å². The highest BCUT2D eigenvalue weighted by molar-refractivity contribution is 7.91. The van der Waals surface area contributed by atoms with Crippen LogP contribution < -0.4 is 5.32 Å². The number of sulfone groups is 1. The molecule has 1 aliphatic heterocycles. The van der Waals surface area contributed by atoms with Crippen molar-refractivity contribution in [2.45, 2.75) is 65.1 Å². The van der Waals surface area contributed by atoms with Crippen molar-refractivity contribution in [2.24, 2.45) is 0 Å². The van der Waals surface area contributed by atoms with E-state index in [4.69, 9.17) is 4.74 Å². The number of amides is 1. The Kier molecular flexibility index (Phi) is 6.67. The molecule has 1 unspecified atom stereocenters. The van der Waals surface area contributed by atoms with Gasteiger partial charge in [-0.25, -0.2) is 13.2 Å². The minimum Gasteiger partial charge on any atom is -0.444 e. The zero-order valence-corrected chi connectivity index (χ0v) is 15.2. The van der Waals surface area contributed by atoms with Crippen molar-refractivity contribution in [1.82, 2.24) is 10.2 Å². The second-order valence-electron chi connectivity index (χ2n) is 7.01. The molecule has 1 fully saturated rings. The van der Waals surface area contributed by atoms with Gasteiger partial charge in [-0.2, -0.15) is 0 Å².